The van der Waals surface area contributed by atoms with Crippen LogP contribution in [0.3, 0.4) is 0 Å². The van der Waals surface area contributed by atoms with Gasteiger partial charge in [-0.15, -0.1) is 0 Å². The minimum atomic E-state index is -4.30. The Hall–Kier alpha value is -3.28. The highest BCUT2D eigenvalue weighted by atomic mass is 32.2. The molecule has 0 aliphatic heterocycles. The molecule has 40 heavy (non-hydrogen) atoms. The second-order valence-corrected chi connectivity index (χ2v) is 11.8. The lowest BCUT2D eigenvalue weighted by molar-refractivity contribution is -0.137. The summed E-state index contributed by atoms with van der Waals surface area (Å²) in [6.07, 6.45) is -1.05. The first-order valence-electron chi connectivity index (χ1n) is 12.3. The van der Waals surface area contributed by atoms with Crippen LogP contribution in [0.1, 0.15) is 44.4 Å². The normalized spacial score (nSPS) is 11.9. The number of sulfone groups is 1. The van der Waals surface area contributed by atoms with E-state index in [1.807, 2.05) is 64.1 Å². The monoisotopic (exact) mass is 587 g/mol. The third-order valence-corrected chi connectivity index (χ3v) is 7.18. The average Bonchev–Trinajstić information content (AvgIpc) is 2.88. The molecule has 0 saturated carbocycles. The molecule has 3 aromatic carbocycles. The number of halogens is 3. The van der Waals surface area contributed by atoms with Crippen molar-refractivity contribution in [3.05, 3.63) is 120 Å². The van der Waals surface area contributed by atoms with Gasteiger partial charge in [0.25, 0.3) is 0 Å². The smallest absolute Gasteiger partial charge is 0.254 e. The zero-order valence-electron chi connectivity index (χ0n) is 23.8. The molecule has 0 fully saturated rings. The second-order valence-electron chi connectivity index (χ2n) is 9.19. The summed E-state index contributed by atoms with van der Waals surface area (Å²) in [7, 11) is -0.558. The zero-order valence-corrected chi connectivity index (χ0v) is 25.8. The minimum absolute atomic E-state index is 0.162. The van der Waals surface area contributed by atoms with Gasteiger partial charge in [-0.25, -0.2) is 8.42 Å². The van der Waals surface area contributed by atoms with E-state index in [0.29, 0.717) is 10.5 Å². The van der Waals surface area contributed by atoms with Crippen LogP contribution in [0.5, 0.6) is 0 Å². The molecule has 0 amide bonds. The van der Waals surface area contributed by atoms with Crippen molar-refractivity contribution in [3.8, 4) is 11.1 Å². The lowest BCUT2D eigenvalue weighted by Crippen LogP contribution is -2.07. The van der Waals surface area contributed by atoms with Gasteiger partial charge in [0, 0.05) is 12.0 Å². The van der Waals surface area contributed by atoms with E-state index in [0.717, 1.165) is 28.3 Å². The molecule has 0 aliphatic rings. The third kappa shape index (κ3) is 11.8. The highest BCUT2D eigenvalue weighted by Crippen LogP contribution is 2.34. The van der Waals surface area contributed by atoms with E-state index in [9.17, 15) is 21.6 Å². The van der Waals surface area contributed by atoms with Crippen LogP contribution < -0.4 is 0 Å². The van der Waals surface area contributed by atoms with Gasteiger partial charge >= 0.3 is 6.18 Å². The molecule has 0 N–H and O–H groups in total. The molecule has 0 aliphatic carbocycles. The molecule has 1 atom stereocenters. The fraction of sp³-hybridized carbons (Fsp3) is 0.219. The molecule has 0 spiro atoms. The molecule has 214 valence electrons. The van der Waals surface area contributed by atoms with Crippen LogP contribution in [0.25, 0.3) is 16.7 Å². The van der Waals surface area contributed by atoms with Gasteiger partial charge in [-0.2, -0.15) is 13.2 Å². The van der Waals surface area contributed by atoms with Crippen LogP contribution in [0, 0.1) is 6.92 Å². The van der Waals surface area contributed by atoms with E-state index < -0.39 is 21.6 Å². The van der Waals surface area contributed by atoms with Gasteiger partial charge in [0.1, 0.15) is 0 Å². The fourth-order valence-electron chi connectivity index (χ4n) is 3.20. The first-order valence-corrected chi connectivity index (χ1v) is 14.8. The summed E-state index contributed by atoms with van der Waals surface area (Å²) < 4.78 is 60.0. The van der Waals surface area contributed by atoms with Crippen LogP contribution in [0.2, 0.25) is 0 Å². The SMILES string of the molecule is C=C(C)N=C(P)/C(C)=C/C.C=C(C)c1ccccc1C(F)(F)F.Cc1ccc(-c2cccc(S(C)(=O)=O)c2)cc1. The van der Waals surface area contributed by atoms with Gasteiger partial charge in [0.05, 0.1) is 15.9 Å². The predicted molar refractivity (Wildman–Crippen MR) is 167 cm³/mol. The van der Waals surface area contributed by atoms with E-state index in [2.05, 4.69) is 27.4 Å². The Morgan fingerprint density at radius 1 is 0.900 bits per heavy atom. The van der Waals surface area contributed by atoms with E-state index in [1.54, 1.807) is 31.2 Å². The maximum atomic E-state index is 12.4. The number of alkyl halides is 3. The van der Waals surface area contributed by atoms with Crippen molar-refractivity contribution < 1.29 is 21.6 Å². The Morgan fingerprint density at radius 3 is 1.93 bits per heavy atom. The average molecular weight is 588 g/mol. The molecular weight excluding hydrogens is 550 g/mol. The van der Waals surface area contributed by atoms with Crippen molar-refractivity contribution in [3.63, 3.8) is 0 Å². The number of rotatable bonds is 5. The van der Waals surface area contributed by atoms with E-state index in [1.165, 1.54) is 29.5 Å². The summed E-state index contributed by atoms with van der Waals surface area (Å²) in [5, 5.41) is 0. The number of hydrogen-bond acceptors (Lipinski definition) is 3. The summed E-state index contributed by atoms with van der Waals surface area (Å²) in [5.74, 6) is 0. The van der Waals surface area contributed by atoms with Crippen LogP contribution in [-0.2, 0) is 16.0 Å². The molecule has 0 bridgehead atoms. The molecule has 3 nitrogen and oxygen atoms in total. The van der Waals surface area contributed by atoms with Crippen LogP contribution >= 0.6 is 9.24 Å². The van der Waals surface area contributed by atoms with Crippen molar-refractivity contribution in [1.82, 2.24) is 0 Å². The number of hydrogen-bond donors (Lipinski definition) is 0. The lowest BCUT2D eigenvalue weighted by atomic mass is 10.0. The van der Waals surface area contributed by atoms with Crippen molar-refractivity contribution in [2.75, 3.05) is 6.26 Å². The standard InChI is InChI=1S/C14H14O2S.C10H9F3.C8H14NP/c1-11-6-8-12(9-7-11)13-4-3-5-14(10-13)17(2,15)16;1-7(2)8-5-3-4-6-9(8)10(11,12)13;1-5-7(4)8(10)9-6(2)3/h3-10H,1-2H3;3-6H,1H2,2H3;5H,2,10H2,1,3-4H3/b;;7-5+,9-8?. The van der Waals surface area contributed by atoms with Crippen LogP contribution in [0.4, 0.5) is 13.2 Å². The number of aliphatic imine (C=N–C) groups is 1. The summed E-state index contributed by atoms with van der Waals surface area (Å²) in [4.78, 5) is 4.52. The molecule has 3 aromatic rings. The Bertz CT molecular complexity index is 1490. The molecule has 0 aromatic heterocycles. The molecule has 3 rings (SSSR count). The van der Waals surface area contributed by atoms with E-state index in [-0.39, 0.29) is 5.56 Å². The molecule has 0 heterocycles. The molecule has 1 unspecified atom stereocenters. The number of aryl methyl sites for hydroxylation is 1. The maximum Gasteiger partial charge on any atom is 0.416 e. The van der Waals surface area contributed by atoms with Gasteiger partial charge in [-0.05, 0) is 75.1 Å². The van der Waals surface area contributed by atoms with Crippen molar-refractivity contribution in [2.45, 2.75) is 45.7 Å². The van der Waals surface area contributed by atoms with Gasteiger partial charge in [0.2, 0.25) is 0 Å². The quantitative estimate of drug-likeness (QED) is 0.220. The first-order chi connectivity index (χ1) is 18.5. The Balaban J connectivity index is 0.000000313. The van der Waals surface area contributed by atoms with Gasteiger partial charge < -0.3 is 0 Å². The summed E-state index contributed by atoms with van der Waals surface area (Å²) in [6, 6.07) is 20.5. The first kappa shape index (κ1) is 34.7. The Morgan fingerprint density at radius 2 is 1.48 bits per heavy atom. The van der Waals surface area contributed by atoms with Gasteiger partial charge in [-0.3, -0.25) is 4.99 Å². The fourth-order valence-corrected chi connectivity index (χ4v) is 4.25. The van der Waals surface area contributed by atoms with Gasteiger partial charge in [0.15, 0.2) is 9.84 Å². The van der Waals surface area contributed by atoms with Crippen LogP contribution in [0.15, 0.2) is 113 Å². The zero-order chi connectivity index (χ0) is 30.7. The molecule has 0 radical (unpaired) electrons. The van der Waals surface area contributed by atoms with Gasteiger partial charge in [-0.1, -0.05) is 94.2 Å². The summed E-state index contributed by atoms with van der Waals surface area (Å²) >= 11 is 0. The van der Waals surface area contributed by atoms with Crippen molar-refractivity contribution in [2.24, 2.45) is 4.99 Å². The maximum absolute atomic E-state index is 12.4. The minimum Gasteiger partial charge on any atom is -0.254 e. The summed E-state index contributed by atoms with van der Waals surface area (Å²) in [5.41, 5.74) is 6.08. The topological polar surface area (TPSA) is 46.5 Å². The molecule has 8 heteroatoms. The second kappa shape index (κ2) is 15.5. The number of nitrogens with zero attached hydrogens (tertiary/aromatic N) is 1. The highest BCUT2D eigenvalue weighted by molar-refractivity contribution is 7.90. The van der Waals surface area contributed by atoms with Crippen LogP contribution in [-0.4, -0.2) is 20.1 Å². The number of benzene rings is 3. The molecule has 0 saturated heterocycles. The third-order valence-electron chi connectivity index (χ3n) is 5.49. The van der Waals surface area contributed by atoms with Crippen molar-refractivity contribution in [1.29, 1.82) is 0 Å². The van der Waals surface area contributed by atoms with E-state index >= 15 is 0 Å². The number of allylic oxidation sites excluding steroid dienone is 4. The Kier molecular flexibility index (Phi) is 13.5. The predicted octanol–water partition coefficient (Wildman–Crippen LogP) is 9.56. The lowest BCUT2D eigenvalue weighted by Gasteiger charge is -2.11. The van der Waals surface area contributed by atoms with E-state index in [4.69, 9.17) is 0 Å². The Labute approximate surface area is 239 Å². The summed E-state index contributed by atoms with van der Waals surface area (Å²) in [6.45, 7) is 16.7. The van der Waals surface area contributed by atoms with Crippen molar-refractivity contribution >= 4 is 30.1 Å². The largest absolute Gasteiger partial charge is 0.416 e. The molecular formula is C32H37F3NO2PS. The highest BCUT2D eigenvalue weighted by Gasteiger charge is 2.32.